The second-order valence-corrected chi connectivity index (χ2v) is 8.89. The first kappa shape index (κ1) is 23.4. The molecule has 0 bridgehead atoms. The van der Waals surface area contributed by atoms with Gasteiger partial charge in [-0.25, -0.2) is 4.79 Å². The molecule has 4 rings (SSSR count). The van der Waals surface area contributed by atoms with Crippen LogP contribution in [-0.4, -0.2) is 27.8 Å². The summed E-state index contributed by atoms with van der Waals surface area (Å²) in [6.07, 6.45) is 8.14. The number of aryl methyl sites for hydroxylation is 1. The van der Waals surface area contributed by atoms with E-state index in [-0.39, 0.29) is 22.8 Å². The minimum Gasteiger partial charge on any atom is -0.378 e. The summed E-state index contributed by atoms with van der Waals surface area (Å²) in [6, 6.07) is 9.02. The summed E-state index contributed by atoms with van der Waals surface area (Å²) in [5.74, 6) is 0. The number of aromatic nitrogens is 3. The van der Waals surface area contributed by atoms with E-state index < -0.39 is 5.69 Å². The predicted octanol–water partition coefficient (Wildman–Crippen LogP) is 3.83. The zero-order chi connectivity index (χ0) is 24.6. The predicted molar refractivity (Wildman–Crippen MR) is 139 cm³/mol. The van der Waals surface area contributed by atoms with E-state index in [2.05, 4.69) is 5.32 Å². The second-order valence-electron chi connectivity index (χ2n) is 8.89. The van der Waals surface area contributed by atoms with Gasteiger partial charge in [0.15, 0.2) is 0 Å². The second kappa shape index (κ2) is 9.21. The number of anilines is 3. The highest BCUT2D eigenvalue weighted by molar-refractivity contribution is 5.92. The van der Waals surface area contributed by atoms with Gasteiger partial charge in [0.05, 0.1) is 5.69 Å². The SMILES string of the molecule is CC/C=C\C=C(/C)n1c(=O)n(C2CC2)c(=O)c2c(Nc3cccc(N(C)C)c3)cc(=O)n(C)c21. The van der Waals surface area contributed by atoms with Crippen LogP contribution in [0.1, 0.15) is 39.2 Å². The molecule has 3 aromatic rings. The molecule has 34 heavy (non-hydrogen) atoms. The number of rotatable bonds is 7. The Kier molecular flexibility index (Phi) is 6.32. The lowest BCUT2D eigenvalue weighted by atomic mass is 10.2. The molecular formula is C26H31N5O3. The topological polar surface area (TPSA) is 81.3 Å². The van der Waals surface area contributed by atoms with Gasteiger partial charge in [0, 0.05) is 50.3 Å². The van der Waals surface area contributed by atoms with Crippen LogP contribution in [0.15, 0.2) is 62.9 Å². The van der Waals surface area contributed by atoms with Gasteiger partial charge in [-0.05, 0) is 50.5 Å². The summed E-state index contributed by atoms with van der Waals surface area (Å²) in [5.41, 5.74) is 1.92. The molecule has 0 spiro atoms. The maximum Gasteiger partial charge on any atom is 0.337 e. The number of hydrogen-bond donors (Lipinski definition) is 1. The van der Waals surface area contributed by atoms with Gasteiger partial charge in [-0.3, -0.25) is 23.3 Å². The summed E-state index contributed by atoms with van der Waals surface area (Å²) < 4.78 is 4.20. The highest BCUT2D eigenvalue weighted by Crippen LogP contribution is 2.33. The van der Waals surface area contributed by atoms with Crippen LogP contribution in [0.25, 0.3) is 16.7 Å². The molecule has 1 N–H and O–H groups in total. The molecule has 2 heterocycles. The lowest BCUT2D eigenvalue weighted by molar-refractivity contribution is 0.640. The molecular weight excluding hydrogens is 430 g/mol. The fourth-order valence-electron chi connectivity index (χ4n) is 4.07. The van der Waals surface area contributed by atoms with Gasteiger partial charge < -0.3 is 10.2 Å². The third kappa shape index (κ3) is 4.23. The Balaban J connectivity index is 2.05. The number of nitrogens with zero attached hydrogens (tertiary/aromatic N) is 4. The van der Waals surface area contributed by atoms with Gasteiger partial charge in [0.2, 0.25) is 0 Å². The van der Waals surface area contributed by atoms with Gasteiger partial charge in [0.25, 0.3) is 11.1 Å². The van der Waals surface area contributed by atoms with Crippen LogP contribution >= 0.6 is 0 Å². The minimum absolute atomic E-state index is 0.114. The molecule has 2 aromatic heterocycles. The smallest absolute Gasteiger partial charge is 0.337 e. The summed E-state index contributed by atoms with van der Waals surface area (Å²) in [4.78, 5) is 42.1. The van der Waals surface area contributed by atoms with Crippen molar-refractivity contribution in [2.45, 2.75) is 39.2 Å². The molecule has 8 heteroatoms. The normalized spacial score (nSPS) is 14.2. The number of hydrogen-bond acceptors (Lipinski definition) is 5. The van der Waals surface area contributed by atoms with Gasteiger partial charge >= 0.3 is 5.69 Å². The standard InChI is InChI=1S/C26H31N5O3/c1-6-7-8-10-17(2)30-24-23(25(33)31(26(30)34)19-13-14-19)21(16-22(32)29(24)5)27-18-11-9-12-20(15-18)28(3)4/h7-12,15-16,19,27H,6,13-14H2,1-5H3/b8-7-,17-10+. The number of allylic oxidation sites excluding steroid dienone is 4. The van der Waals surface area contributed by atoms with Crippen LogP contribution in [0.2, 0.25) is 0 Å². The Morgan fingerprint density at radius 3 is 2.56 bits per heavy atom. The van der Waals surface area contributed by atoms with Crippen molar-refractivity contribution in [3.05, 3.63) is 79.8 Å². The third-order valence-electron chi connectivity index (χ3n) is 6.07. The number of nitrogens with one attached hydrogen (secondary N) is 1. The molecule has 8 nitrogen and oxygen atoms in total. The number of pyridine rings is 1. The maximum absolute atomic E-state index is 13.7. The first-order valence-corrected chi connectivity index (χ1v) is 11.5. The van der Waals surface area contributed by atoms with Crippen LogP contribution in [-0.2, 0) is 7.05 Å². The highest BCUT2D eigenvalue weighted by Gasteiger charge is 2.30. The van der Waals surface area contributed by atoms with Gasteiger partial charge in [-0.15, -0.1) is 0 Å². The van der Waals surface area contributed by atoms with Crippen molar-refractivity contribution < 1.29 is 0 Å². The molecule has 1 aliphatic rings. The Morgan fingerprint density at radius 2 is 1.91 bits per heavy atom. The quantitative estimate of drug-likeness (QED) is 0.541. The number of benzene rings is 1. The zero-order valence-electron chi connectivity index (χ0n) is 20.3. The van der Waals surface area contributed by atoms with Gasteiger partial charge in [0.1, 0.15) is 11.0 Å². The van der Waals surface area contributed by atoms with E-state index in [1.165, 1.54) is 19.8 Å². The molecule has 0 amide bonds. The molecule has 0 atom stereocenters. The van der Waals surface area contributed by atoms with E-state index in [1.54, 1.807) is 7.05 Å². The molecule has 0 radical (unpaired) electrons. The molecule has 178 valence electrons. The van der Waals surface area contributed by atoms with Crippen LogP contribution in [0.3, 0.4) is 0 Å². The molecule has 1 aromatic carbocycles. The van der Waals surface area contributed by atoms with E-state index in [1.807, 2.05) is 75.3 Å². The van der Waals surface area contributed by atoms with Crippen LogP contribution < -0.4 is 27.0 Å². The van der Waals surface area contributed by atoms with Crippen molar-refractivity contribution in [1.29, 1.82) is 0 Å². The van der Waals surface area contributed by atoms with Gasteiger partial charge in [-0.1, -0.05) is 25.1 Å². The first-order valence-electron chi connectivity index (χ1n) is 11.5. The summed E-state index contributed by atoms with van der Waals surface area (Å²) in [7, 11) is 5.48. The Morgan fingerprint density at radius 1 is 1.18 bits per heavy atom. The molecule has 0 aliphatic heterocycles. The average Bonchev–Trinajstić information content (AvgIpc) is 3.62. The van der Waals surface area contributed by atoms with E-state index in [0.29, 0.717) is 16.8 Å². The molecule has 1 fully saturated rings. The van der Waals surface area contributed by atoms with E-state index in [4.69, 9.17) is 0 Å². The average molecular weight is 462 g/mol. The van der Waals surface area contributed by atoms with Crippen molar-refractivity contribution in [3.63, 3.8) is 0 Å². The summed E-state index contributed by atoms with van der Waals surface area (Å²) in [5, 5.41) is 3.59. The van der Waals surface area contributed by atoms with Crippen LogP contribution in [0.4, 0.5) is 17.1 Å². The maximum atomic E-state index is 13.7. The zero-order valence-corrected chi connectivity index (χ0v) is 20.3. The summed E-state index contributed by atoms with van der Waals surface area (Å²) >= 11 is 0. The fraction of sp³-hybridized carbons (Fsp3) is 0.346. The lowest BCUT2D eigenvalue weighted by Gasteiger charge is -2.19. The summed E-state index contributed by atoms with van der Waals surface area (Å²) in [6.45, 7) is 3.84. The Bertz CT molecular complexity index is 1480. The number of fused-ring (bicyclic) bond motifs is 1. The molecule has 0 unspecified atom stereocenters. The largest absolute Gasteiger partial charge is 0.378 e. The highest BCUT2D eigenvalue weighted by atomic mass is 16.2. The molecule has 0 saturated heterocycles. The van der Waals surface area contributed by atoms with E-state index in [9.17, 15) is 14.4 Å². The van der Waals surface area contributed by atoms with Crippen molar-refractivity contribution in [2.75, 3.05) is 24.3 Å². The van der Waals surface area contributed by atoms with Gasteiger partial charge in [-0.2, -0.15) is 0 Å². The lowest BCUT2D eigenvalue weighted by Crippen LogP contribution is -2.41. The van der Waals surface area contributed by atoms with Crippen molar-refractivity contribution in [1.82, 2.24) is 13.7 Å². The van der Waals surface area contributed by atoms with Crippen LogP contribution in [0.5, 0.6) is 0 Å². The van der Waals surface area contributed by atoms with Crippen molar-refractivity contribution >= 4 is 33.8 Å². The van der Waals surface area contributed by atoms with Crippen LogP contribution in [0, 0.1) is 0 Å². The van der Waals surface area contributed by atoms with Crippen molar-refractivity contribution in [3.8, 4) is 0 Å². The third-order valence-corrected chi connectivity index (χ3v) is 6.07. The van der Waals surface area contributed by atoms with E-state index >= 15 is 0 Å². The molecule has 1 saturated carbocycles. The molecule has 1 aliphatic carbocycles. The Labute approximate surface area is 198 Å². The van der Waals surface area contributed by atoms with Crippen molar-refractivity contribution in [2.24, 2.45) is 7.05 Å². The Hall–Kier alpha value is -3.81. The minimum atomic E-state index is -0.416. The van der Waals surface area contributed by atoms with E-state index in [0.717, 1.165) is 30.6 Å². The monoisotopic (exact) mass is 461 g/mol. The first-order chi connectivity index (χ1) is 16.2. The fourth-order valence-corrected chi connectivity index (χ4v) is 4.07.